The van der Waals surface area contributed by atoms with E-state index >= 15 is 0 Å². The number of anilines is 2. The fourth-order valence-corrected chi connectivity index (χ4v) is 5.48. The normalized spacial score (nSPS) is 31.0. The van der Waals surface area contributed by atoms with Crippen LogP contribution in [0, 0.1) is 5.92 Å². The van der Waals surface area contributed by atoms with Crippen molar-refractivity contribution in [1.29, 1.82) is 0 Å². The van der Waals surface area contributed by atoms with Gasteiger partial charge in [0.15, 0.2) is 0 Å². The van der Waals surface area contributed by atoms with E-state index in [0.717, 1.165) is 44.6 Å². The summed E-state index contributed by atoms with van der Waals surface area (Å²) in [6.45, 7) is 2.32. The van der Waals surface area contributed by atoms with Crippen LogP contribution in [0.3, 0.4) is 0 Å². The molecule has 2 heterocycles. The van der Waals surface area contributed by atoms with Gasteiger partial charge in [0, 0.05) is 37.1 Å². The first-order valence-corrected chi connectivity index (χ1v) is 10.9. The lowest BCUT2D eigenvalue weighted by Gasteiger charge is -2.44. The molecule has 4 rings (SSSR count). The molecule has 4 heteroatoms. The highest BCUT2D eigenvalue weighted by molar-refractivity contribution is 5.54. The minimum atomic E-state index is -0.458. The minimum absolute atomic E-state index is 0.347. The third kappa shape index (κ3) is 4.16. The number of aliphatic hydroxyl groups is 1. The summed E-state index contributed by atoms with van der Waals surface area (Å²) in [5.41, 5.74) is 0.835. The van der Waals surface area contributed by atoms with Crippen LogP contribution in [0.15, 0.2) is 18.3 Å². The van der Waals surface area contributed by atoms with Crippen LogP contribution in [-0.2, 0) is 0 Å². The Bertz CT molecular complexity index is 581. The second kappa shape index (κ2) is 8.16. The summed E-state index contributed by atoms with van der Waals surface area (Å²) in [6, 6.07) is 4.69. The average molecular weight is 358 g/mol. The maximum Gasteiger partial charge on any atom is 0.128 e. The van der Waals surface area contributed by atoms with Gasteiger partial charge < -0.3 is 15.3 Å². The zero-order valence-corrected chi connectivity index (χ0v) is 16.1. The van der Waals surface area contributed by atoms with E-state index in [1.165, 1.54) is 57.1 Å². The molecular formula is C22H35N3O. The van der Waals surface area contributed by atoms with Crippen LogP contribution < -0.4 is 10.2 Å². The molecule has 0 bridgehead atoms. The summed E-state index contributed by atoms with van der Waals surface area (Å²) in [4.78, 5) is 7.05. The number of nitrogens with zero attached hydrogens (tertiary/aromatic N) is 2. The Morgan fingerprint density at radius 1 is 1.00 bits per heavy atom. The van der Waals surface area contributed by atoms with Gasteiger partial charge in [-0.3, -0.25) is 0 Å². The fourth-order valence-electron chi connectivity index (χ4n) is 5.48. The Balaban J connectivity index is 1.40. The molecule has 1 aliphatic heterocycles. The zero-order chi connectivity index (χ0) is 17.8. The molecule has 1 saturated heterocycles. The number of nitrogens with one attached hydrogen (secondary N) is 1. The second-order valence-electron chi connectivity index (χ2n) is 8.82. The average Bonchev–Trinajstić information content (AvgIpc) is 2.70. The van der Waals surface area contributed by atoms with E-state index in [1.807, 2.05) is 6.20 Å². The molecule has 1 unspecified atom stereocenters. The van der Waals surface area contributed by atoms with Gasteiger partial charge in [0.2, 0.25) is 0 Å². The first-order chi connectivity index (χ1) is 12.7. The van der Waals surface area contributed by atoms with E-state index in [9.17, 15) is 5.11 Å². The Hall–Kier alpha value is -1.29. The van der Waals surface area contributed by atoms with Gasteiger partial charge in [0.1, 0.15) is 5.82 Å². The predicted octanol–water partition coefficient (Wildman–Crippen LogP) is 4.74. The van der Waals surface area contributed by atoms with Crippen LogP contribution >= 0.6 is 0 Å². The third-order valence-corrected chi connectivity index (χ3v) is 6.94. The molecular weight excluding hydrogens is 322 g/mol. The van der Waals surface area contributed by atoms with E-state index in [-0.39, 0.29) is 0 Å². The molecule has 0 radical (unpaired) electrons. The topological polar surface area (TPSA) is 48.4 Å². The molecule has 1 aromatic heterocycles. The summed E-state index contributed by atoms with van der Waals surface area (Å²) in [7, 11) is 0. The van der Waals surface area contributed by atoms with Crippen molar-refractivity contribution in [3.05, 3.63) is 18.3 Å². The lowest BCUT2D eigenvalue weighted by molar-refractivity contribution is -0.0639. The molecule has 26 heavy (non-hydrogen) atoms. The number of rotatable bonds is 4. The Morgan fingerprint density at radius 3 is 2.58 bits per heavy atom. The van der Waals surface area contributed by atoms with E-state index < -0.39 is 5.60 Å². The van der Waals surface area contributed by atoms with Crippen molar-refractivity contribution in [2.75, 3.05) is 23.3 Å². The van der Waals surface area contributed by atoms with Gasteiger partial charge in [-0.05, 0) is 69.8 Å². The molecule has 3 fully saturated rings. The predicted molar refractivity (Wildman–Crippen MR) is 108 cm³/mol. The van der Waals surface area contributed by atoms with Gasteiger partial charge in [0.05, 0.1) is 5.60 Å². The molecule has 2 atom stereocenters. The number of hydrogen-bond acceptors (Lipinski definition) is 4. The molecule has 2 N–H and O–H groups in total. The van der Waals surface area contributed by atoms with Gasteiger partial charge in [-0.1, -0.05) is 19.3 Å². The highest BCUT2D eigenvalue weighted by Gasteiger charge is 2.41. The van der Waals surface area contributed by atoms with Gasteiger partial charge in [-0.2, -0.15) is 0 Å². The standard InChI is InChI=1S/C22H35N3O/c26-22(18-8-3-1-4-9-18)12-7-10-19(17-22)24-21-16-20(11-13-23-21)25-14-5-2-6-15-25/h11,13,16,18-19,26H,1-10,12,14-15,17H2,(H,23,24)/t19-,22?/m1/s1. The van der Waals surface area contributed by atoms with Gasteiger partial charge in [-0.15, -0.1) is 0 Å². The van der Waals surface area contributed by atoms with E-state index in [0.29, 0.717) is 12.0 Å². The van der Waals surface area contributed by atoms with Crippen molar-refractivity contribution >= 4 is 11.5 Å². The first kappa shape index (κ1) is 18.1. The smallest absolute Gasteiger partial charge is 0.128 e. The number of piperidine rings is 1. The molecule has 0 spiro atoms. The van der Waals surface area contributed by atoms with Crippen molar-refractivity contribution in [3.8, 4) is 0 Å². The van der Waals surface area contributed by atoms with Crippen molar-refractivity contribution in [3.63, 3.8) is 0 Å². The largest absolute Gasteiger partial charge is 0.390 e. The Labute approximate surface area is 158 Å². The van der Waals surface area contributed by atoms with Gasteiger partial charge >= 0.3 is 0 Å². The van der Waals surface area contributed by atoms with Crippen LogP contribution in [-0.4, -0.2) is 34.8 Å². The number of pyridine rings is 1. The maximum atomic E-state index is 11.3. The van der Waals surface area contributed by atoms with Crippen LogP contribution in [0.1, 0.15) is 77.0 Å². The molecule has 144 valence electrons. The van der Waals surface area contributed by atoms with E-state index in [4.69, 9.17) is 0 Å². The molecule has 2 saturated carbocycles. The molecule has 0 aromatic carbocycles. The molecule has 4 nitrogen and oxygen atoms in total. The number of aromatic nitrogens is 1. The van der Waals surface area contributed by atoms with Gasteiger partial charge in [0.25, 0.3) is 0 Å². The fraction of sp³-hybridized carbons (Fsp3) is 0.773. The first-order valence-electron chi connectivity index (χ1n) is 10.9. The van der Waals surface area contributed by atoms with Crippen molar-refractivity contribution in [2.24, 2.45) is 5.92 Å². The van der Waals surface area contributed by atoms with Crippen molar-refractivity contribution in [2.45, 2.75) is 88.7 Å². The maximum absolute atomic E-state index is 11.3. The molecule has 0 amide bonds. The Kier molecular flexibility index (Phi) is 5.68. The number of hydrogen-bond donors (Lipinski definition) is 2. The lowest BCUT2D eigenvalue weighted by atomic mass is 9.68. The third-order valence-electron chi connectivity index (χ3n) is 6.94. The highest BCUT2D eigenvalue weighted by atomic mass is 16.3. The SMILES string of the molecule is OC1(C2CCCCC2)CCC[C@@H](Nc2cc(N3CCCCC3)ccn2)C1. The van der Waals surface area contributed by atoms with Crippen molar-refractivity contribution in [1.82, 2.24) is 4.98 Å². The summed E-state index contributed by atoms with van der Waals surface area (Å²) in [6.07, 6.45) is 16.4. The summed E-state index contributed by atoms with van der Waals surface area (Å²) in [5, 5.41) is 15.0. The highest BCUT2D eigenvalue weighted by Crippen LogP contribution is 2.42. The van der Waals surface area contributed by atoms with Crippen molar-refractivity contribution < 1.29 is 5.11 Å². The van der Waals surface area contributed by atoms with Gasteiger partial charge in [-0.25, -0.2) is 4.98 Å². The lowest BCUT2D eigenvalue weighted by Crippen LogP contribution is -2.46. The van der Waals surface area contributed by atoms with E-state index in [1.54, 1.807) is 0 Å². The van der Waals surface area contributed by atoms with Crippen LogP contribution in [0.2, 0.25) is 0 Å². The van der Waals surface area contributed by atoms with Crippen LogP contribution in [0.5, 0.6) is 0 Å². The second-order valence-corrected chi connectivity index (χ2v) is 8.82. The summed E-state index contributed by atoms with van der Waals surface area (Å²) >= 11 is 0. The van der Waals surface area contributed by atoms with Crippen LogP contribution in [0.25, 0.3) is 0 Å². The molecule has 2 aliphatic carbocycles. The van der Waals surface area contributed by atoms with Crippen LogP contribution in [0.4, 0.5) is 11.5 Å². The summed E-state index contributed by atoms with van der Waals surface area (Å²) in [5.74, 6) is 1.49. The molecule has 1 aromatic rings. The quantitative estimate of drug-likeness (QED) is 0.817. The zero-order valence-electron chi connectivity index (χ0n) is 16.1. The van der Waals surface area contributed by atoms with E-state index in [2.05, 4.69) is 27.3 Å². The summed E-state index contributed by atoms with van der Waals surface area (Å²) < 4.78 is 0. The monoisotopic (exact) mass is 357 g/mol. The molecule has 3 aliphatic rings. The minimum Gasteiger partial charge on any atom is -0.390 e. The Morgan fingerprint density at radius 2 is 1.77 bits per heavy atom.